The lowest BCUT2D eigenvalue weighted by atomic mass is 9.92. The molecule has 1 aromatic rings. The highest BCUT2D eigenvalue weighted by molar-refractivity contribution is 7.92. The molecule has 2 amide bonds. The lowest BCUT2D eigenvalue weighted by Crippen LogP contribution is -2.48. The van der Waals surface area contributed by atoms with Gasteiger partial charge in [-0.1, -0.05) is 31.5 Å². The van der Waals surface area contributed by atoms with Crippen molar-refractivity contribution in [1.82, 2.24) is 4.90 Å². The number of amides is 2. The molecule has 3 atom stereocenters. The fraction of sp³-hybridized carbons (Fsp3) is 0.652. The van der Waals surface area contributed by atoms with Gasteiger partial charge < -0.3 is 10.2 Å². The average Bonchev–Trinajstić information content (AvgIpc) is 2.62. The van der Waals surface area contributed by atoms with Crippen molar-refractivity contribution in [3.05, 3.63) is 28.8 Å². The molecule has 0 radical (unpaired) electrons. The Kier molecular flexibility index (Phi) is 8.08. The van der Waals surface area contributed by atoms with Crippen LogP contribution in [0.3, 0.4) is 0 Å². The maximum Gasteiger partial charge on any atom is 0.240 e. The molecule has 168 valence electrons. The molecule has 1 heterocycles. The number of aryl methyl sites for hydroxylation is 3. The van der Waals surface area contributed by atoms with Gasteiger partial charge in [0.1, 0.15) is 5.25 Å². The summed E-state index contributed by atoms with van der Waals surface area (Å²) in [4.78, 5) is 26.8. The van der Waals surface area contributed by atoms with Crippen LogP contribution in [0.1, 0.15) is 56.7 Å². The van der Waals surface area contributed by atoms with Crippen LogP contribution < -0.4 is 5.32 Å². The predicted molar refractivity (Wildman–Crippen MR) is 121 cm³/mol. The van der Waals surface area contributed by atoms with E-state index in [1.165, 1.54) is 6.92 Å². The molecule has 0 saturated carbocycles. The molecule has 6 nitrogen and oxygen atoms in total. The van der Waals surface area contributed by atoms with Gasteiger partial charge in [-0.25, -0.2) is 8.42 Å². The summed E-state index contributed by atoms with van der Waals surface area (Å²) in [5.41, 5.74) is 3.88. The van der Waals surface area contributed by atoms with Gasteiger partial charge in [-0.3, -0.25) is 9.59 Å². The molecule has 1 aliphatic rings. The molecule has 0 aliphatic carbocycles. The van der Waals surface area contributed by atoms with Crippen LogP contribution >= 0.6 is 0 Å². The van der Waals surface area contributed by atoms with E-state index >= 15 is 0 Å². The number of hydrogen-bond acceptors (Lipinski definition) is 4. The highest BCUT2D eigenvalue weighted by Gasteiger charge is 2.34. The number of nitrogens with one attached hydrogen (secondary N) is 1. The lowest BCUT2D eigenvalue weighted by Gasteiger charge is -2.36. The third kappa shape index (κ3) is 6.30. The van der Waals surface area contributed by atoms with Gasteiger partial charge in [0.15, 0.2) is 9.84 Å². The molecule has 0 bridgehead atoms. The van der Waals surface area contributed by atoms with E-state index in [4.69, 9.17) is 0 Å². The van der Waals surface area contributed by atoms with Gasteiger partial charge in [-0.2, -0.15) is 0 Å². The molecule has 7 heteroatoms. The van der Waals surface area contributed by atoms with Crippen LogP contribution in [0.15, 0.2) is 12.1 Å². The molecular weight excluding hydrogens is 400 g/mol. The molecular formula is C23H36N2O4S. The number of nitrogens with zero attached hydrogens (tertiary/aromatic N) is 1. The Hall–Kier alpha value is -1.89. The Morgan fingerprint density at radius 2 is 1.63 bits per heavy atom. The second-order valence-corrected chi connectivity index (χ2v) is 11.6. The predicted octanol–water partition coefficient (Wildman–Crippen LogP) is 3.64. The Labute approximate surface area is 181 Å². The van der Waals surface area contributed by atoms with Crippen molar-refractivity contribution in [1.29, 1.82) is 0 Å². The quantitative estimate of drug-likeness (QED) is 0.707. The first-order valence-electron chi connectivity index (χ1n) is 10.8. The van der Waals surface area contributed by atoms with Gasteiger partial charge in [0.2, 0.25) is 11.8 Å². The Bertz CT molecular complexity index is 861. The van der Waals surface area contributed by atoms with Crippen molar-refractivity contribution in [2.75, 3.05) is 24.2 Å². The van der Waals surface area contributed by atoms with Crippen LogP contribution in [-0.4, -0.2) is 49.2 Å². The number of anilines is 1. The Morgan fingerprint density at radius 1 is 1.10 bits per heavy atom. The number of hydrogen-bond donors (Lipinski definition) is 1. The van der Waals surface area contributed by atoms with Crippen LogP contribution in [0.4, 0.5) is 5.69 Å². The number of carbonyl (C=O) groups excluding carboxylic acids is 2. The summed E-state index contributed by atoms with van der Waals surface area (Å²) in [6, 6.07) is 4.01. The number of rotatable bonds is 7. The largest absolute Gasteiger partial charge is 0.341 e. The maximum atomic E-state index is 12.7. The minimum absolute atomic E-state index is 0.102. The molecule has 0 spiro atoms. The van der Waals surface area contributed by atoms with E-state index in [1.54, 1.807) is 4.90 Å². The van der Waals surface area contributed by atoms with Gasteiger partial charge in [-0.05, 0) is 63.5 Å². The van der Waals surface area contributed by atoms with Crippen LogP contribution in [-0.2, 0) is 19.4 Å². The second kappa shape index (κ2) is 9.94. The fourth-order valence-electron chi connectivity index (χ4n) is 4.44. The summed E-state index contributed by atoms with van der Waals surface area (Å²) in [6.45, 7) is 12.8. The maximum absolute atomic E-state index is 12.7. The first-order valence-corrected chi connectivity index (χ1v) is 12.5. The summed E-state index contributed by atoms with van der Waals surface area (Å²) in [6.07, 6.45) is 1.35. The van der Waals surface area contributed by atoms with Gasteiger partial charge in [0.05, 0.1) is 5.75 Å². The van der Waals surface area contributed by atoms with E-state index in [0.29, 0.717) is 24.9 Å². The topological polar surface area (TPSA) is 83.5 Å². The molecule has 1 N–H and O–H groups in total. The zero-order valence-electron chi connectivity index (χ0n) is 19.1. The summed E-state index contributed by atoms with van der Waals surface area (Å²) in [5, 5.41) is 1.83. The number of likely N-dealkylation sites (tertiary alicyclic amines) is 1. The third-order valence-corrected chi connectivity index (χ3v) is 7.98. The average molecular weight is 437 g/mol. The zero-order valence-corrected chi connectivity index (χ0v) is 19.9. The number of carbonyl (C=O) groups is 2. The van der Waals surface area contributed by atoms with Gasteiger partial charge in [0.25, 0.3) is 0 Å². The van der Waals surface area contributed by atoms with E-state index < -0.39 is 15.1 Å². The van der Waals surface area contributed by atoms with Crippen LogP contribution in [0.5, 0.6) is 0 Å². The summed E-state index contributed by atoms with van der Waals surface area (Å²) < 4.78 is 25.4. The third-order valence-electron chi connectivity index (χ3n) is 5.84. The summed E-state index contributed by atoms with van der Waals surface area (Å²) in [7, 11) is -3.61. The van der Waals surface area contributed by atoms with Crippen LogP contribution in [0, 0.1) is 32.6 Å². The van der Waals surface area contributed by atoms with Crippen LogP contribution in [0.25, 0.3) is 0 Å². The monoisotopic (exact) mass is 436 g/mol. The van der Waals surface area contributed by atoms with Crippen molar-refractivity contribution < 1.29 is 18.0 Å². The minimum Gasteiger partial charge on any atom is -0.341 e. The molecule has 3 unspecified atom stereocenters. The summed E-state index contributed by atoms with van der Waals surface area (Å²) >= 11 is 0. The fourth-order valence-corrected chi connectivity index (χ4v) is 5.80. The van der Waals surface area contributed by atoms with E-state index in [-0.39, 0.29) is 30.4 Å². The Balaban J connectivity index is 1.90. The highest BCUT2D eigenvalue weighted by Crippen LogP contribution is 2.24. The van der Waals surface area contributed by atoms with E-state index in [9.17, 15) is 18.0 Å². The SMILES string of the molecule is Cc1cc(C)c(NC(=O)CCCS(=O)(=O)C(C)C(=O)N2CC(C)CC(C)C2)c(C)c1. The normalized spacial score (nSPS) is 20.7. The van der Waals surface area contributed by atoms with E-state index in [2.05, 4.69) is 19.2 Å². The Morgan fingerprint density at radius 3 is 2.17 bits per heavy atom. The smallest absolute Gasteiger partial charge is 0.240 e. The number of sulfone groups is 1. The zero-order chi connectivity index (χ0) is 22.6. The van der Waals surface area contributed by atoms with E-state index in [0.717, 1.165) is 28.8 Å². The molecule has 1 fully saturated rings. The minimum atomic E-state index is -3.61. The summed E-state index contributed by atoms with van der Waals surface area (Å²) in [5.74, 6) is 0.0645. The molecule has 30 heavy (non-hydrogen) atoms. The number of piperidine rings is 1. The van der Waals surface area contributed by atoms with Crippen molar-refractivity contribution in [3.8, 4) is 0 Å². The molecule has 1 aliphatic heterocycles. The van der Waals surface area contributed by atoms with Crippen molar-refractivity contribution in [2.24, 2.45) is 11.8 Å². The first kappa shape index (κ1) is 24.4. The lowest BCUT2D eigenvalue weighted by molar-refractivity contribution is -0.133. The molecule has 1 aromatic carbocycles. The van der Waals surface area contributed by atoms with Crippen LogP contribution in [0.2, 0.25) is 0 Å². The first-order chi connectivity index (χ1) is 13.9. The van der Waals surface area contributed by atoms with Gasteiger partial charge >= 0.3 is 0 Å². The molecule has 1 saturated heterocycles. The second-order valence-electron chi connectivity index (χ2n) is 9.12. The molecule has 2 rings (SSSR count). The van der Waals surface area contributed by atoms with Crippen molar-refractivity contribution in [3.63, 3.8) is 0 Å². The van der Waals surface area contributed by atoms with Crippen molar-refractivity contribution in [2.45, 2.75) is 66.1 Å². The van der Waals surface area contributed by atoms with Crippen molar-refractivity contribution >= 4 is 27.3 Å². The van der Waals surface area contributed by atoms with Gasteiger partial charge in [0, 0.05) is 25.2 Å². The highest BCUT2D eigenvalue weighted by atomic mass is 32.2. The number of benzene rings is 1. The van der Waals surface area contributed by atoms with Gasteiger partial charge in [-0.15, -0.1) is 0 Å². The van der Waals surface area contributed by atoms with E-state index in [1.807, 2.05) is 32.9 Å². The standard InChI is InChI=1S/C23H36N2O4S/c1-15-11-18(4)22(19(5)12-15)24-21(26)8-7-9-30(28,29)20(6)23(27)25-13-16(2)10-17(3)14-25/h11-12,16-17,20H,7-10,13-14H2,1-6H3,(H,24,26). The molecule has 0 aromatic heterocycles.